The van der Waals surface area contributed by atoms with Gasteiger partial charge in [0.25, 0.3) is 15.7 Å². The normalized spacial score (nSPS) is 12.8. The predicted octanol–water partition coefficient (Wildman–Crippen LogP) is 2.67. The summed E-state index contributed by atoms with van der Waals surface area (Å²) in [6.45, 7) is 1.75. The Hall–Kier alpha value is -2.72. The molecule has 1 aromatic heterocycles. The van der Waals surface area contributed by atoms with Crippen LogP contribution in [0.4, 0.5) is 5.69 Å². The summed E-state index contributed by atoms with van der Waals surface area (Å²) in [6, 6.07) is 6.57. The van der Waals surface area contributed by atoms with E-state index in [1.807, 2.05) is 6.92 Å². The van der Waals surface area contributed by atoms with E-state index in [4.69, 9.17) is 4.42 Å². The molecule has 9 nitrogen and oxygen atoms in total. The quantitative estimate of drug-likeness (QED) is 0.482. The SMILES string of the molecule is CCCCN([C@@H](Cc1ccco1)C(=O)O)S(=O)(=O)c1ccccc1[N+](=O)[O-]. The fourth-order valence-electron chi connectivity index (χ4n) is 2.64. The highest BCUT2D eigenvalue weighted by atomic mass is 32.2. The molecule has 0 bridgehead atoms. The number of rotatable bonds is 10. The molecule has 1 atom stereocenters. The second-order valence-electron chi connectivity index (χ2n) is 5.83. The van der Waals surface area contributed by atoms with Crippen LogP contribution in [0.3, 0.4) is 0 Å². The molecule has 10 heteroatoms. The number of nitro groups is 1. The molecule has 0 aliphatic rings. The first-order valence-corrected chi connectivity index (χ1v) is 9.73. The van der Waals surface area contributed by atoms with Crippen molar-refractivity contribution < 1.29 is 27.7 Å². The molecule has 2 aromatic rings. The van der Waals surface area contributed by atoms with E-state index in [1.54, 1.807) is 12.1 Å². The van der Waals surface area contributed by atoms with Gasteiger partial charge in [-0.1, -0.05) is 25.5 Å². The Morgan fingerprint density at radius 3 is 2.56 bits per heavy atom. The lowest BCUT2D eigenvalue weighted by molar-refractivity contribution is -0.387. The summed E-state index contributed by atoms with van der Waals surface area (Å²) in [4.78, 5) is 21.8. The summed E-state index contributed by atoms with van der Waals surface area (Å²) in [5, 5.41) is 20.9. The Morgan fingerprint density at radius 1 is 1.30 bits per heavy atom. The Balaban J connectivity index is 2.53. The minimum atomic E-state index is -4.43. The molecule has 1 heterocycles. The van der Waals surface area contributed by atoms with Gasteiger partial charge in [-0.3, -0.25) is 14.9 Å². The summed E-state index contributed by atoms with van der Waals surface area (Å²) in [7, 11) is -4.43. The van der Waals surface area contributed by atoms with Crippen molar-refractivity contribution in [2.24, 2.45) is 0 Å². The van der Waals surface area contributed by atoms with Gasteiger partial charge >= 0.3 is 5.97 Å². The molecule has 146 valence electrons. The number of carboxylic acid groups (broad SMARTS) is 1. The Bertz CT molecular complexity index is 894. The molecule has 1 N–H and O–H groups in total. The molecule has 27 heavy (non-hydrogen) atoms. The molecule has 0 amide bonds. The lowest BCUT2D eigenvalue weighted by Gasteiger charge is -2.27. The van der Waals surface area contributed by atoms with Crippen molar-refractivity contribution >= 4 is 21.7 Å². The van der Waals surface area contributed by atoms with Crippen molar-refractivity contribution in [3.63, 3.8) is 0 Å². The zero-order chi connectivity index (χ0) is 20.0. The van der Waals surface area contributed by atoms with E-state index in [9.17, 15) is 28.4 Å². The van der Waals surface area contributed by atoms with Gasteiger partial charge in [0.05, 0.1) is 11.2 Å². The number of unbranched alkanes of at least 4 members (excludes halogenated alkanes) is 1. The highest BCUT2D eigenvalue weighted by molar-refractivity contribution is 7.89. The summed E-state index contributed by atoms with van der Waals surface area (Å²) in [5.74, 6) is -1.05. The number of nitrogens with zero attached hydrogens (tertiary/aromatic N) is 2. The smallest absolute Gasteiger partial charge is 0.322 e. The lowest BCUT2D eigenvalue weighted by atomic mass is 10.1. The molecule has 0 aliphatic carbocycles. The molecule has 0 spiro atoms. The van der Waals surface area contributed by atoms with E-state index in [0.717, 1.165) is 16.4 Å². The van der Waals surface area contributed by atoms with Crippen LogP contribution in [0.5, 0.6) is 0 Å². The molecule has 0 saturated carbocycles. The minimum absolute atomic E-state index is 0.0808. The van der Waals surface area contributed by atoms with E-state index in [-0.39, 0.29) is 13.0 Å². The van der Waals surface area contributed by atoms with Crippen LogP contribution < -0.4 is 0 Å². The first kappa shape index (κ1) is 20.6. The number of carbonyl (C=O) groups is 1. The summed E-state index contributed by atoms with van der Waals surface area (Å²) >= 11 is 0. The van der Waals surface area contributed by atoms with Gasteiger partial charge in [0.15, 0.2) is 4.90 Å². The van der Waals surface area contributed by atoms with Gasteiger partial charge in [0, 0.05) is 19.0 Å². The van der Waals surface area contributed by atoms with Gasteiger partial charge in [-0.05, 0) is 24.6 Å². The maximum absolute atomic E-state index is 13.2. The fourth-order valence-corrected chi connectivity index (χ4v) is 4.42. The first-order valence-electron chi connectivity index (χ1n) is 8.29. The third kappa shape index (κ3) is 4.72. The molecule has 0 saturated heterocycles. The van der Waals surface area contributed by atoms with Crippen molar-refractivity contribution in [3.8, 4) is 0 Å². The van der Waals surface area contributed by atoms with Crippen LogP contribution in [0.15, 0.2) is 52.0 Å². The molecular formula is C17H20N2O7S. The third-order valence-electron chi connectivity index (χ3n) is 3.99. The summed E-state index contributed by atoms with van der Waals surface area (Å²) < 4.78 is 32.3. The number of aliphatic carboxylic acids is 1. The lowest BCUT2D eigenvalue weighted by Crippen LogP contribution is -2.46. The van der Waals surface area contributed by atoms with E-state index in [0.29, 0.717) is 18.6 Å². The largest absolute Gasteiger partial charge is 0.480 e. The van der Waals surface area contributed by atoms with Gasteiger partial charge in [0.2, 0.25) is 0 Å². The number of nitro benzene ring substituents is 1. The number of hydrogen-bond acceptors (Lipinski definition) is 6. The zero-order valence-electron chi connectivity index (χ0n) is 14.6. The second kappa shape index (κ2) is 8.78. The minimum Gasteiger partial charge on any atom is -0.480 e. The van der Waals surface area contributed by atoms with E-state index in [1.165, 1.54) is 18.4 Å². The molecule has 0 fully saturated rings. The first-order chi connectivity index (χ1) is 12.8. The van der Waals surface area contributed by atoms with E-state index >= 15 is 0 Å². The van der Waals surface area contributed by atoms with Gasteiger partial charge in [-0.25, -0.2) is 8.42 Å². The maximum atomic E-state index is 13.2. The highest BCUT2D eigenvalue weighted by Crippen LogP contribution is 2.28. The van der Waals surface area contributed by atoms with Crippen LogP contribution in [0.25, 0.3) is 0 Å². The van der Waals surface area contributed by atoms with E-state index in [2.05, 4.69) is 0 Å². The molecular weight excluding hydrogens is 376 g/mol. The van der Waals surface area contributed by atoms with Gasteiger partial charge in [0.1, 0.15) is 11.8 Å². The number of furan rings is 1. The molecule has 0 aliphatic heterocycles. The number of para-hydroxylation sites is 1. The van der Waals surface area contributed by atoms with Crippen LogP contribution in [0.1, 0.15) is 25.5 Å². The van der Waals surface area contributed by atoms with Crippen molar-refractivity contribution in [2.75, 3.05) is 6.54 Å². The summed E-state index contributed by atoms with van der Waals surface area (Å²) in [5.41, 5.74) is -0.596. The Kier molecular flexibility index (Phi) is 6.70. The highest BCUT2D eigenvalue weighted by Gasteiger charge is 2.39. The fraction of sp³-hybridized carbons (Fsp3) is 0.353. The maximum Gasteiger partial charge on any atom is 0.322 e. The zero-order valence-corrected chi connectivity index (χ0v) is 15.5. The number of sulfonamides is 1. The second-order valence-corrected chi connectivity index (χ2v) is 7.69. The van der Waals surface area contributed by atoms with Crippen molar-refractivity contribution in [1.82, 2.24) is 4.31 Å². The average molecular weight is 396 g/mol. The van der Waals surface area contributed by atoms with Gasteiger partial charge < -0.3 is 9.52 Å². The van der Waals surface area contributed by atoms with Crippen LogP contribution >= 0.6 is 0 Å². The van der Waals surface area contributed by atoms with E-state index < -0.39 is 37.5 Å². The molecule has 2 rings (SSSR count). The van der Waals surface area contributed by atoms with Crippen LogP contribution in [-0.4, -0.2) is 41.3 Å². The predicted molar refractivity (Wildman–Crippen MR) is 95.7 cm³/mol. The molecule has 0 unspecified atom stereocenters. The number of hydrogen-bond donors (Lipinski definition) is 1. The average Bonchev–Trinajstić information content (AvgIpc) is 3.14. The molecule has 0 radical (unpaired) electrons. The monoisotopic (exact) mass is 396 g/mol. The van der Waals surface area contributed by atoms with Crippen molar-refractivity contribution in [3.05, 3.63) is 58.5 Å². The number of benzene rings is 1. The van der Waals surface area contributed by atoms with Crippen molar-refractivity contribution in [2.45, 2.75) is 37.1 Å². The molecule has 1 aromatic carbocycles. The standard InChI is InChI=1S/C17H20N2O7S/c1-2-3-10-18(15(17(20)21)12-13-7-6-11-26-13)27(24,25)16-9-5-4-8-14(16)19(22)23/h4-9,11,15H,2-3,10,12H2,1H3,(H,20,21)/t15-/m0/s1. The van der Waals surface area contributed by atoms with Gasteiger partial charge in [-0.15, -0.1) is 0 Å². The van der Waals surface area contributed by atoms with Crippen molar-refractivity contribution in [1.29, 1.82) is 0 Å². The Morgan fingerprint density at radius 2 is 2.00 bits per heavy atom. The van der Waals surface area contributed by atoms with Gasteiger partial charge in [-0.2, -0.15) is 4.31 Å². The Labute approximate surface area is 156 Å². The van der Waals surface area contributed by atoms with Crippen LogP contribution in [0.2, 0.25) is 0 Å². The third-order valence-corrected chi connectivity index (χ3v) is 5.94. The summed E-state index contributed by atoms with van der Waals surface area (Å²) in [6.07, 6.45) is 2.20. The van der Waals surface area contributed by atoms with Crippen LogP contribution in [0, 0.1) is 10.1 Å². The van der Waals surface area contributed by atoms with Crippen LogP contribution in [-0.2, 0) is 21.2 Å². The number of carboxylic acids is 1. The topological polar surface area (TPSA) is 131 Å².